The number of anilines is 1. The van der Waals surface area contributed by atoms with Crippen LogP contribution in [0.1, 0.15) is 18.7 Å². The van der Waals surface area contributed by atoms with Gasteiger partial charge in [-0.15, -0.1) is 0 Å². The maximum absolute atomic E-state index is 13.9. The molecule has 1 aromatic heterocycles. The smallest absolute Gasteiger partial charge is 0.351 e. The third-order valence-corrected chi connectivity index (χ3v) is 3.21. The summed E-state index contributed by atoms with van der Waals surface area (Å²) in [6, 6.07) is 0. The van der Waals surface area contributed by atoms with Crippen molar-refractivity contribution in [1.82, 2.24) is 9.55 Å². The topological polar surface area (TPSA) is 107 Å². The van der Waals surface area contributed by atoms with Crippen molar-refractivity contribution in [1.29, 1.82) is 0 Å². The van der Waals surface area contributed by atoms with Gasteiger partial charge >= 0.3 is 5.69 Å². The summed E-state index contributed by atoms with van der Waals surface area (Å²) < 4.78 is 33.3. The Morgan fingerprint density at radius 2 is 2.23 bits per heavy atom. The summed E-state index contributed by atoms with van der Waals surface area (Å²) in [5.74, 6) is -0.413. The number of aliphatic hydroxyl groups is 1. The minimum Gasteiger partial charge on any atom is -0.394 e. The lowest BCUT2D eigenvalue weighted by atomic mass is 10.2. The highest BCUT2D eigenvalue weighted by Crippen LogP contribution is 2.33. The summed E-state index contributed by atoms with van der Waals surface area (Å²) in [5, 5.41) is 8.93. The van der Waals surface area contributed by atoms with Gasteiger partial charge < -0.3 is 15.6 Å². The van der Waals surface area contributed by atoms with Crippen molar-refractivity contribution in [2.75, 3.05) is 12.3 Å². The van der Waals surface area contributed by atoms with Crippen LogP contribution in [-0.2, 0) is 9.53 Å². The van der Waals surface area contributed by atoms with Crippen LogP contribution in [-0.4, -0.2) is 45.5 Å². The van der Waals surface area contributed by atoms with Gasteiger partial charge in [0.2, 0.25) is 0 Å². The van der Waals surface area contributed by atoms with Crippen LogP contribution >= 0.6 is 0 Å². The van der Waals surface area contributed by atoms with Crippen LogP contribution in [0, 0.1) is 0 Å². The van der Waals surface area contributed by atoms with Crippen molar-refractivity contribution in [3.63, 3.8) is 0 Å². The van der Waals surface area contributed by atoms with E-state index in [0.717, 1.165) is 10.8 Å². The number of nitrogens with two attached hydrogens (primary N) is 1. The molecule has 0 bridgehead atoms. The number of ether oxygens (including phenoxy) is 1. The Labute approximate surface area is 124 Å². The van der Waals surface area contributed by atoms with E-state index >= 15 is 0 Å². The van der Waals surface area contributed by atoms with E-state index in [0.29, 0.717) is 0 Å². The zero-order chi connectivity index (χ0) is 16.4. The summed E-state index contributed by atoms with van der Waals surface area (Å²) in [6.45, 7) is 0.597. The Balaban J connectivity index is 2.41. The number of ketones is 1. The summed E-state index contributed by atoms with van der Waals surface area (Å²) in [4.78, 5) is 26.2. The number of nitrogens with zero attached hydrogens (tertiary/aromatic N) is 2. The number of carbonyl (C=O) groups is 1. The molecule has 0 spiro atoms. The number of carbonyl (C=O) groups excluding carboxylic acids is 1. The highest BCUT2D eigenvalue weighted by Gasteiger charge is 2.46. The first-order valence-corrected chi connectivity index (χ1v) is 6.47. The van der Waals surface area contributed by atoms with Crippen LogP contribution in [0.15, 0.2) is 17.1 Å². The maximum Gasteiger partial charge on any atom is 0.351 e. The van der Waals surface area contributed by atoms with E-state index in [1.165, 1.54) is 19.1 Å². The molecule has 0 radical (unpaired) electrons. The minimum atomic E-state index is -2.13. The average Bonchev–Trinajstić information content (AvgIpc) is 2.74. The van der Waals surface area contributed by atoms with Gasteiger partial charge in [-0.2, -0.15) is 4.98 Å². The first-order valence-electron chi connectivity index (χ1n) is 6.47. The van der Waals surface area contributed by atoms with Crippen LogP contribution in [0.25, 0.3) is 6.08 Å². The Morgan fingerprint density at radius 1 is 1.55 bits per heavy atom. The molecule has 2 rings (SSSR count). The van der Waals surface area contributed by atoms with Crippen molar-refractivity contribution in [3.05, 3.63) is 28.3 Å². The molecular weight excluding hydrogens is 300 g/mol. The van der Waals surface area contributed by atoms with Crippen LogP contribution < -0.4 is 11.4 Å². The predicted octanol–water partition coefficient (Wildman–Crippen LogP) is -0.00640. The van der Waals surface area contributed by atoms with Gasteiger partial charge in [0.05, 0.1) is 6.61 Å². The first kappa shape index (κ1) is 16.2. The van der Waals surface area contributed by atoms with Crippen molar-refractivity contribution >= 4 is 17.7 Å². The molecule has 120 valence electrons. The second kappa shape index (κ2) is 6.32. The number of halogens is 2. The number of aromatic nitrogens is 2. The van der Waals surface area contributed by atoms with E-state index in [1.807, 2.05) is 0 Å². The van der Waals surface area contributed by atoms with Gasteiger partial charge in [-0.3, -0.25) is 9.36 Å². The van der Waals surface area contributed by atoms with E-state index in [9.17, 15) is 18.4 Å². The van der Waals surface area contributed by atoms with Gasteiger partial charge in [0, 0.05) is 11.8 Å². The van der Waals surface area contributed by atoms with E-state index in [1.54, 1.807) is 0 Å². The fourth-order valence-electron chi connectivity index (χ4n) is 2.07. The van der Waals surface area contributed by atoms with Gasteiger partial charge in [-0.05, 0) is 19.1 Å². The highest BCUT2D eigenvalue weighted by molar-refractivity contribution is 5.92. The molecule has 2 heterocycles. The lowest BCUT2D eigenvalue weighted by Crippen LogP contribution is -2.32. The quantitative estimate of drug-likeness (QED) is 0.757. The highest BCUT2D eigenvalue weighted by atomic mass is 19.2. The molecule has 0 saturated carbocycles. The lowest BCUT2D eigenvalue weighted by Gasteiger charge is -2.16. The van der Waals surface area contributed by atoms with Gasteiger partial charge in [-0.25, -0.2) is 13.6 Å². The molecule has 0 aliphatic carbocycles. The van der Waals surface area contributed by atoms with Gasteiger partial charge in [0.25, 0.3) is 0 Å². The molecule has 9 heteroatoms. The average molecular weight is 315 g/mol. The van der Waals surface area contributed by atoms with E-state index in [2.05, 4.69) is 4.98 Å². The Morgan fingerprint density at radius 3 is 2.77 bits per heavy atom. The lowest BCUT2D eigenvalue weighted by molar-refractivity contribution is -0.112. The van der Waals surface area contributed by atoms with Crippen LogP contribution in [0.5, 0.6) is 0 Å². The summed E-state index contributed by atoms with van der Waals surface area (Å²) in [6.07, 6.45) is -3.48. The van der Waals surface area contributed by atoms with Gasteiger partial charge in [0.1, 0.15) is 11.9 Å². The monoisotopic (exact) mass is 315 g/mol. The molecule has 1 aromatic rings. The molecule has 1 fully saturated rings. The molecule has 1 aliphatic rings. The fraction of sp³-hybridized carbons (Fsp3) is 0.462. The molecule has 1 saturated heterocycles. The van der Waals surface area contributed by atoms with E-state index in [4.69, 9.17) is 15.6 Å². The largest absolute Gasteiger partial charge is 0.394 e. The Bertz CT molecular complexity index is 661. The standard InChI is InChI=1S/C13H15F2N3O4/c1-6(20)2-3-7-4-18(13(21)17-11(7)16)12-10(15)9(14)8(5-19)22-12/h2-4,8-10,12,19H,5H2,1H3,(H2,16,17,21)/b3-2+. The van der Waals surface area contributed by atoms with Gasteiger partial charge in [0.15, 0.2) is 24.4 Å². The number of alkyl halides is 2. The van der Waals surface area contributed by atoms with Crippen LogP contribution in [0.4, 0.5) is 14.6 Å². The zero-order valence-corrected chi connectivity index (χ0v) is 11.6. The number of allylic oxidation sites excluding steroid dienone is 1. The Kier molecular flexibility index (Phi) is 4.67. The minimum absolute atomic E-state index is 0.150. The molecule has 4 unspecified atom stereocenters. The summed E-state index contributed by atoms with van der Waals surface area (Å²) in [7, 11) is 0. The second-order valence-electron chi connectivity index (χ2n) is 4.85. The normalized spacial score (nSPS) is 28.4. The van der Waals surface area contributed by atoms with E-state index < -0.39 is 37.0 Å². The number of rotatable bonds is 4. The molecule has 0 aromatic carbocycles. The maximum atomic E-state index is 13.9. The van der Waals surface area contributed by atoms with Crippen molar-refractivity contribution < 1.29 is 23.4 Å². The van der Waals surface area contributed by atoms with Crippen LogP contribution in [0.2, 0.25) is 0 Å². The number of hydrogen-bond acceptors (Lipinski definition) is 6. The fourth-order valence-corrected chi connectivity index (χ4v) is 2.07. The molecule has 4 atom stereocenters. The van der Waals surface area contributed by atoms with E-state index in [-0.39, 0.29) is 17.2 Å². The Hall–Kier alpha value is -2.13. The second-order valence-corrected chi connectivity index (χ2v) is 4.85. The zero-order valence-electron chi connectivity index (χ0n) is 11.6. The summed E-state index contributed by atoms with van der Waals surface area (Å²) >= 11 is 0. The molecule has 0 amide bonds. The van der Waals surface area contributed by atoms with Gasteiger partial charge in [-0.1, -0.05) is 0 Å². The van der Waals surface area contributed by atoms with Crippen molar-refractivity contribution in [2.45, 2.75) is 31.6 Å². The SMILES string of the molecule is CC(=O)/C=C/c1cn(C2OC(CO)C(F)C2F)c(=O)nc1N. The molecule has 7 nitrogen and oxygen atoms in total. The van der Waals surface area contributed by atoms with Crippen molar-refractivity contribution in [3.8, 4) is 0 Å². The molecule has 22 heavy (non-hydrogen) atoms. The predicted molar refractivity (Wildman–Crippen MR) is 73.4 cm³/mol. The number of nitrogen functional groups attached to an aromatic ring is 1. The molecule has 1 aliphatic heterocycles. The molecular formula is C13H15F2N3O4. The number of hydrogen-bond donors (Lipinski definition) is 2. The van der Waals surface area contributed by atoms with Crippen LogP contribution in [0.3, 0.4) is 0 Å². The first-order chi connectivity index (χ1) is 10.3. The van der Waals surface area contributed by atoms with Crippen molar-refractivity contribution in [2.24, 2.45) is 0 Å². The third kappa shape index (κ3) is 3.04. The number of aliphatic hydroxyl groups excluding tert-OH is 1. The summed E-state index contributed by atoms with van der Waals surface area (Å²) in [5.41, 5.74) is 4.82. The third-order valence-electron chi connectivity index (χ3n) is 3.21. The molecule has 3 N–H and O–H groups in total.